The maximum atomic E-state index is 12.5. The van der Waals surface area contributed by atoms with Gasteiger partial charge in [0.1, 0.15) is 0 Å². The summed E-state index contributed by atoms with van der Waals surface area (Å²) in [6, 6.07) is 15.4. The summed E-state index contributed by atoms with van der Waals surface area (Å²) in [5.74, 6) is -0.928. The largest absolute Gasteiger partial charge is 0.465 e. The van der Waals surface area contributed by atoms with Gasteiger partial charge in [0.05, 0.1) is 7.11 Å². The van der Waals surface area contributed by atoms with Gasteiger partial charge in [-0.2, -0.15) is 0 Å². The van der Waals surface area contributed by atoms with E-state index in [1.165, 1.54) is 12.2 Å². The normalized spacial score (nSPS) is 12.3. The number of hydrogen-bond donors (Lipinski definition) is 0. The second-order valence-electron chi connectivity index (χ2n) is 4.81. The summed E-state index contributed by atoms with van der Waals surface area (Å²) in [5.41, 5.74) is 1.23. The second kappa shape index (κ2) is 7.95. The quantitative estimate of drug-likeness (QED) is 0.597. The molecule has 0 atom stereocenters. The topological polar surface area (TPSA) is 60.4 Å². The van der Waals surface area contributed by atoms with Crippen molar-refractivity contribution in [1.82, 2.24) is 0 Å². The average molecular weight is 363 g/mol. The van der Waals surface area contributed by atoms with Crippen molar-refractivity contribution >= 4 is 39.6 Å². The van der Waals surface area contributed by atoms with E-state index in [4.69, 9.17) is 11.6 Å². The van der Waals surface area contributed by atoms with Crippen molar-refractivity contribution in [3.05, 3.63) is 81.1 Å². The highest BCUT2D eigenvalue weighted by molar-refractivity contribution is 7.99. The number of halogens is 1. The molecule has 0 unspecified atom stereocenters. The molecule has 0 fully saturated rings. The number of esters is 1. The molecule has 0 spiro atoms. The third-order valence-corrected chi connectivity index (χ3v) is 4.74. The summed E-state index contributed by atoms with van der Waals surface area (Å²) in [6.45, 7) is 0. The van der Waals surface area contributed by atoms with Gasteiger partial charge in [-0.1, -0.05) is 54.1 Å². The van der Waals surface area contributed by atoms with E-state index in [2.05, 4.69) is 4.74 Å². The SMILES string of the molecule is COC(=O)/C(=C\c1ccc(Cl)cc1)S(=O)(=O)/C=C/c1ccccc1. The first-order chi connectivity index (χ1) is 11.4. The van der Waals surface area contributed by atoms with Gasteiger partial charge in [-0.15, -0.1) is 0 Å². The molecule has 0 aromatic heterocycles. The number of benzene rings is 2. The molecule has 0 bridgehead atoms. The van der Waals surface area contributed by atoms with E-state index in [1.807, 2.05) is 6.07 Å². The van der Waals surface area contributed by atoms with Crippen molar-refractivity contribution in [3.63, 3.8) is 0 Å². The molecule has 0 aliphatic carbocycles. The highest BCUT2D eigenvalue weighted by Gasteiger charge is 2.23. The van der Waals surface area contributed by atoms with Crippen LogP contribution in [-0.4, -0.2) is 21.5 Å². The Morgan fingerprint density at radius 2 is 1.62 bits per heavy atom. The monoisotopic (exact) mass is 362 g/mol. The lowest BCUT2D eigenvalue weighted by Gasteiger charge is -2.04. The van der Waals surface area contributed by atoms with Gasteiger partial charge in [0.2, 0.25) is 9.84 Å². The van der Waals surface area contributed by atoms with Crippen LogP contribution < -0.4 is 0 Å². The first kappa shape index (κ1) is 18.0. The van der Waals surface area contributed by atoms with Crippen LogP contribution in [0.3, 0.4) is 0 Å². The number of carbonyl (C=O) groups is 1. The van der Waals surface area contributed by atoms with Crippen molar-refractivity contribution in [2.45, 2.75) is 0 Å². The fourth-order valence-corrected chi connectivity index (χ4v) is 3.10. The summed E-state index contributed by atoms with van der Waals surface area (Å²) in [5, 5.41) is 1.50. The molecule has 2 aromatic rings. The molecule has 0 amide bonds. The molecular formula is C18H15ClO4S. The number of rotatable bonds is 5. The van der Waals surface area contributed by atoms with E-state index in [-0.39, 0.29) is 0 Å². The number of sulfone groups is 1. The molecule has 2 rings (SSSR count). The van der Waals surface area contributed by atoms with Crippen LogP contribution in [0.5, 0.6) is 0 Å². The Balaban J connectivity index is 2.41. The lowest BCUT2D eigenvalue weighted by atomic mass is 10.2. The van der Waals surface area contributed by atoms with E-state index >= 15 is 0 Å². The molecule has 124 valence electrons. The van der Waals surface area contributed by atoms with E-state index in [1.54, 1.807) is 48.5 Å². The van der Waals surface area contributed by atoms with Gasteiger partial charge in [-0.3, -0.25) is 0 Å². The Kier molecular flexibility index (Phi) is 5.95. The second-order valence-corrected chi connectivity index (χ2v) is 7.05. The van der Waals surface area contributed by atoms with Gasteiger partial charge in [-0.25, -0.2) is 13.2 Å². The van der Waals surface area contributed by atoms with Crippen molar-refractivity contribution in [3.8, 4) is 0 Å². The van der Waals surface area contributed by atoms with Gasteiger partial charge in [0.15, 0.2) is 4.91 Å². The van der Waals surface area contributed by atoms with Crippen molar-refractivity contribution in [1.29, 1.82) is 0 Å². The standard InChI is InChI=1S/C18H15ClO4S/c1-23-18(20)17(13-15-7-9-16(19)10-8-15)24(21,22)12-11-14-5-3-2-4-6-14/h2-13H,1H3/b12-11+,17-13+. The molecule has 0 heterocycles. The molecule has 0 radical (unpaired) electrons. The molecule has 0 saturated heterocycles. The maximum Gasteiger partial charge on any atom is 0.349 e. The lowest BCUT2D eigenvalue weighted by Crippen LogP contribution is -2.13. The van der Waals surface area contributed by atoms with Crippen molar-refractivity contribution < 1.29 is 17.9 Å². The van der Waals surface area contributed by atoms with Crippen LogP contribution >= 0.6 is 11.6 Å². The highest BCUT2D eigenvalue weighted by atomic mass is 35.5. The number of ether oxygens (including phenoxy) is 1. The summed E-state index contributed by atoms with van der Waals surface area (Å²) >= 11 is 5.80. The number of hydrogen-bond acceptors (Lipinski definition) is 4. The zero-order chi connectivity index (χ0) is 17.6. The average Bonchev–Trinajstić information content (AvgIpc) is 2.59. The fraction of sp³-hybridized carbons (Fsp3) is 0.0556. The Morgan fingerprint density at radius 3 is 2.21 bits per heavy atom. The molecule has 0 saturated carbocycles. The molecular weight excluding hydrogens is 348 g/mol. The molecule has 6 heteroatoms. The van der Waals surface area contributed by atoms with E-state index in [0.717, 1.165) is 12.5 Å². The van der Waals surface area contributed by atoms with Crippen molar-refractivity contribution in [2.75, 3.05) is 7.11 Å². The van der Waals surface area contributed by atoms with Crippen LogP contribution in [0.2, 0.25) is 5.02 Å². The zero-order valence-electron chi connectivity index (χ0n) is 12.8. The van der Waals surface area contributed by atoms with E-state index in [0.29, 0.717) is 16.1 Å². The third-order valence-electron chi connectivity index (χ3n) is 3.10. The Bertz CT molecular complexity index is 867. The van der Waals surface area contributed by atoms with Crippen LogP contribution in [-0.2, 0) is 19.4 Å². The minimum absolute atomic E-state index is 0.445. The van der Waals surface area contributed by atoms with Crippen molar-refractivity contribution in [2.24, 2.45) is 0 Å². The molecule has 4 nitrogen and oxygen atoms in total. The molecule has 0 aliphatic rings. The number of carbonyl (C=O) groups excluding carboxylic acids is 1. The number of methoxy groups -OCH3 is 1. The fourth-order valence-electron chi connectivity index (χ4n) is 1.87. The van der Waals surface area contributed by atoms with Crippen LogP contribution in [0, 0.1) is 0 Å². The predicted octanol–water partition coefficient (Wildman–Crippen LogP) is 3.94. The predicted molar refractivity (Wildman–Crippen MR) is 95.8 cm³/mol. The highest BCUT2D eigenvalue weighted by Crippen LogP contribution is 2.19. The molecule has 24 heavy (non-hydrogen) atoms. The lowest BCUT2D eigenvalue weighted by molar-refractivity contribution is -0.135. The van der Waals surface area contributed by atoms with Crippen LogP contribution in [0.15, 0.2) is 64.9 Å². The molecule has 0 N–H and O–H groups in total. The maximum absolute atomic E-state index is 12.5. The van der Waals surface area contributed by atoms with Gasteiger partial charge >= 0.3 is 5.97 Å². The van der Waals surface area contributed by atoms with Gasteiger partial charge in [-0.05, 0) is 35.4 Å². The minimum atomic E-state index is -3.97. The van der Waals surface area contributed by atoms with E-state index in [9.17, 15) is 13.2 Å². The summed E-state index contributed by atoms with van der Waals surface area (Å²) in [7, 11) is -2.83. The molecule has 2 aromatic carbocycles. The smallest absolute Gasteiger partial charge is 0.349 e. The third kappa shape index (κ3) is 4.81. The summed E-state index contributed by atoms with van der Waals surface area (Å²) < 4.78 is 29.6. The summed E-state index contributed by atoms with van der Waals surface area (Å²) in [4.78, 5) is 11.5. The molecule has 0 aliphatic heterocycles. The minimum Gasteiger partial charge on any atom is -0.465 e. The summed E-state index contributed by atoms with van der Waals surface area (Å²) in [6.07, 6.45) is 2.68. The van der Waals surface area contributed by atoms with Crippen LogP contribution in [0.1, 0.15) is 11.1 Å². The van der Waals surface area contributed by atoms with Gasteiger partial charge in [0, 0.05) is 10.4 Å². The van der Waals surface area contributed by atoms with Gasteiger partial charge < -0.3 is 4.74 Å². The van der Waals surface area contributed by atoms with E-state index < -0.39 is 20.7 Å². The first-order valence-corrected chi connectivity index (χ1v) is 8.88. The van der Waals surface area contributed by atoms with Crippen LogP contribution in [0.4, 0.5) is 0 Å². The Labute approximate surface area is 146 Å². The van der Waals surface area contributed by atoms with Crippen LogP contribution in [0.25, 0.3) is 12.2 Å². The first-order valence-electron chi connectivity index (χ1n) is 6.96. The zero-order valence-corrected chi connectivity index (χ0v) is 14.4. The Hall–Kier alpha value is -2.37. The van der Waals surface area contributed by atoms with Gasteiger partial charge in [0.25, 0.3) is 0 Å². The Morgan fingerprint density at radius 1 is 1.00 bits per heavy atom.